The average Bonchev–Trinajstić information content (AvgIpc) is 3.40. The molecular weight excluding hydrogens is 362 g/mol. The molecule has 3 aromatic rings. The van der Waals surface area contributed by atoms with E-state index >= 15 is 0 Å². The van der Waals surface area contributed by atoms with Crippen molar-refractivity contribution in [2.45, 2.75) is 24.9 Å². The summed E-state index contributed by atoms with van der Waals surface area (Å²) in [5.41, 5.74) is 0.917. The van der Waals surface area contributed by atoms with Crippen LogP contribution >= 0.6 is 0 Å². The Morgan fingerprint density at radius 3 is 2.89 bits per heavy atom. The van der Waals surface area contributed by atoms with Crippen LogP contribution in [-0.4, -0.2) is 62.3 Å². The molecule has 0 aliphatic carbocycles. The maximum atomic E-state index is 12.3. The zero-order valence-corrected chi connectivity index (χ0v) is 15.5. The summed E-state index contributed by atoms with van der Waals surface area (Å²) in [4.78, 5) is 14.0. The van der Waals surface area contributed by atoms with Gasteiger partial charge in [0.05, 0.1) is 18.9 Å². The summed E-state index contributed by atoms with van der Waals surface area (Å²) in [6.45, 7) is 0.887. The molecule has 0 radical (unpaired) electrons. The second-order valence-electron chi connectivity index (χ2n) is 6.96. The van der Waals surface area contributed by atoms with Gasteiger partial charge >= 0.3 is 0 Å². The summed E-state index contributed by atoms with van der Waals surface area (Å²) >= 11 is 0. The van der Waals surface area contributed by atoms with E-state index in [4.69, 9.17) is 9.26 Å². The number of hydrogen-bond acceptors (Lipinski definition) is 7. The van der Waals surface area contributed by atoms with Crippen molar-refractivity contribution in [3.05, 3.63) is 48.0 Å². The Labute approximate surface area is 161 Å². The molecule has 1 aliphatic heterocycles. The van der Waals surface area contributed by atoms with E-state index in [0.29, 0.717) is 43.8 Å². The Morgan fingerprint density at radius 2 is 2.18 bits per heavy atom. The molecule has 3 heterocycles. The highest BCUT2D eigenvalue weighted by molar-refractivity contribution is 5.91. The van der Waals surface area contributed by atoms with Gasteiger partial charge in [-0.15, -0.1) is 0 Å². The van der Waals surface area contributed by atoms with Crippen molar-refractivity contribution >= 4 is 5.91 Å². The molecule has 28 heavy (non-hydrogen) atoms. The van der Waals surface area contributed by atoms with E-state index in [2.05, 4.69) is 20.6 Å². The van der Waals surface area contributed by atoms with Crippen molar-refractivity contribution < 1.29 is 19.2 Å². The van der Waals surface area contributed by atoms with Gasteiger partial charge in [-0.25, -0.2) is 0 Å². The van der Waals surface area contributed by atoms with Gasteiger partial charge in [0.1, 0.15) is 17.2 Å². The lowest BCUT2D eigenvalue weighted by molar-refractivity contribution is -0.0203. The molecule has 4 rings (SSSR count). The third-order valence-corrected chi connectivity index (χ3v) is 5.04. The lowest BCUT2D eigenvalue weighted by Gasteiger charge is -2.37. The van der Waals surface area contributed by atoms with E-state index in [-0.39, 0.29) is 11.6 Å². The van der Waals surface area contributed by atoms with Gasteiger partial charge in [0.2, 0.25) is 0 Å². The fraction of sp³-hybridized carbons (Fsp3) is 0.368. The highest BCUT2D eigenvalue weighted by Gasteiger charge is 2.36. The van der Waals surface area contributed by atoms with E-state index in [1.54, 1.807) is 12.0 Å². The molecular formula is C19H21N5O4. The monoisotopic (exact) mass is 383 g/mol. The zero-order chi connectivity index (χ0) is 19.6. The first-order valence-corrected chi connectivity index (χ1v) is 9.04. The van der Waals surface area contributed by atoms with Gasteiger partial charge in [-0.1, -0.05) is 17.3 Å². The van der Waals surface area contributed by atoms with Gasteiger partial charge < -0.3 is 19.3 Å². The number of ether oxygens (including phenoxy) is 1. The van der Waals surface area contributed by atoms with Crippen LogP contribution in [0.25, 0.3) is 11.3 Å². The molecule has 146 valence electrons. The molecule has 1 aliphatic rings. The number of nitrogens with zero attached hydrogens (tertiary/aromatic N) is 4. The lowest BCUT2D eigenvalue weighted by Crippen LogP contribution is -2.47. The Kier molecular flexibility index (Phi) is 4.82. The fourth-order valence-corrected chi connectivity index (χ4v) is 3.41. The van der Waals surface area contributed by atoms with Gasteiger partial charge in [-0.3, -0.25) is 4.79 Å². The van der Waals surface area contributed by atoms with Gasteiger partial charge in [0, 0.05) is 31.1 Å². The number of H-pyrrole nitrogens is 1. The van der Waals surface area contributed by atoms with Gasteiger partial charge in [-0.2, -0.15) is 15.4 Å². The lowest BCUT2D eigenvalue weighted by atomic mass is 9.87. The van der Waals surface area contributed by atoms with Crippen molar-refractivity contribution in [3.63, 3.8) is 0 Å². The number of aromatic amines is 1. The number of aliphatic hydroxyl groups is 1. The standard InChI is InChI=1S/C19H21N5O4/c1-27-14-4-2-3-13(9-14)16-10-15(28-22-16)11-19(26)5-7-24(8-6-19)18(25)17-12-20-23-21-17/h2-4,9-10,12,26H,5-8,11H2,1H3,(H,20,21,23). The van der Waals surface area contributed by atoms with Crippen LogP contribution in [0, 0.1) is 0 Å². The van der Waals surface area contributed by atoms with E-state index in [9.17, 15) is 9.90 Å². The number of likely N-dealkylation sites (tertiary alicyclic amines) is 1. The second kappa shape index (κ2) is 7.43. The molecule has 9 heteroatoms. The number of carbonyl (C=O) groups is 1. The summed E-state index contributed by atoms with van der Waals surface area (Å²) in [6, 6.07) is 9.38. The first kappa shape index (κ1) is 18.2. The predicted octanol–water partition coefficient (Wildman–Crippen LogP) is 1.68. The van der Waals surface area contributed by atoms with Crippen LogP contribution in [0.5, 0.6) is 5.75 Å². The third kappa shape index (κ3) is 3.74. The minimum Gasteiger partial charge on any atom is -0.497 e. The molecule has 0 unspecified atom stereocenters. The molecule has 0 bridgehead atoms. The number of amides is 1. The Morgan fingerprint density at radius 1 is 1.36 bits per heavy atom. The SMILES string of the molecule is COc1cccc(-c2cc(CC3(O)CCN(C(=O)c4cn[nH]n4)CC3)on2)c1. The summed E-state index contributed by atoms with van der Waals surface area (Å²) in [5.74, 6) is 1.16. The summed E-state index contributed by atoms with van der Waals surface area (Å²) < 4.78 is 10.7. The third-order valence-electron chi connectivity index (χ3n) is 5.04. The minimum atomic E-state index is -0.939. The minimum absolute atomic E-state index is 0.184. The molecule has 2 aromatic heterocycles. The van der Waals surface area contributed by atoms with Crippen molar-refractivity contribution in [3.8, 4) is 17.0 Å². The average molecular weight is 383 g/mol. The largest absolute Gasteiger partial charge is 0.497 e. The molecule has 1 saturated heterocycles. The molecule has 0 atom stereocenters. The van der Waals surface area contributed by atoms with Crippen LogP contribution in [0.2, 0.25) is 0 Å². The zero-order valence-electron chi connectivity index (χ0n) is 15.5. The van der Waals surface area contributed by atoms with Crippen molar-refractivity contribution in [1.82, 2.24) is 25.5 Å². The van der Waals surface area contributed by atoms with E-state index < -0.39 is 5.60 Å². The Bertz CT molecular complexity index is 945. The summed E-state index contributed by atoms with van der Waals surface area (Å²) in [5, 5.41) is 25.0. The fourth-order valence-electron chi connectivity index (χ4n) is 3.41. The van der Waals surface area contributed by atoms with Crippen molar-refractivity contribution in [1.29, 1.82) is 0 Å². The van der Waals surface area contributed by atoms with Crippen LogP contribution in [0.15, 0.2) is 41.1 Å². The van der Waals surface area contributed by atoms with Crippen LogP contribution < -0.4 is 4.74 Å². The highest BCUT2D eigenvalue weighted by Crippen LogP contribution is 2.29. The second-order valence-corrected chi connectivity index (χ2v) is 6.96. The maximum absolute atomic E-state index is 12.3. The molecule has 1 aromatic carbocycles. The summed E-state index contributed by atoms with van der Waals surface area (Å²) in [7, 11) is 1.61. The number of rotatable bonds is 5. The molecule has 0 spiro atoms. The van der Waals surface area contributed by atoms with Crippen LogP contribution in [0.1, 0.15) is 29.1 Å². The maximum Gasteiger partial charge on any atom is 0.276 e. The van der Waals surface area contributed by atoms with E-state index in [1.165, 1.54) is 6.20 Å². The normalized spacial score (nSPS) is 16.1. The van der Waals surface area contributed by atoms with Crippen LogP contribution in [-0.2, 0) is 6.42 Å². The topological polar surface area (TPSA) is 117 Å². The molecule has 1 fully saturated rings. The predicted molar refractivity (Wildman–Crippen MR) is 98.7 cm³/mol. The molecule has 0 saturated carbocycles. The number of piperidine rings is 1. The van der Waals surface area contributed by atoms with Crippen LogP contribution in [0.3, 0.4) is 0 Å². The number of aromatic nitrogens is 4. The Hall–Kier alpha value is -3.20. The van der Waals surface area contributed by atoms with E-state index in [0.717, 1.165) is 11.3 Å². The smallest absolute Gasteiger partial charge is 0.276 e. The number of nitrogens with one attached hydrogen (secondary N) is 1. The number of hydrogen-bond donors (Lipinski definition) is 2. The highest BCUT2D eigenvalue weighted by atomic mass is 16.5. The molecule has 2 N–H and O–H groups in total. The first-order chi connectivity index (χ1) is 13.6. The number of methoxy groups -OCH3 is 1. The van der Waals surface area contributed by atoms with Crippen molar-refractivity contribution in [2.75, 3.05) is 20.2 Å². The number of carbonyl (C=O) groups excluding carboxylic acids is 1. The van der Waals surface area contributed by atoms with E-state index in [1.807, 2.05) is 30.3 Å². The van der Waals surface area contributed by atoms with Crippen LogP contribution in [0.4, 0.5) is 0 Å². The Balaban J connectivity index is 1.40. The molecule has 1 amide bonds. The van der Waals surface area contributed by atoms with Gasteiger partial charge in [0.15, 0.2) is 5.69 Å². The quantitative estimate of drug-likeness (QED) is 0.688. The van der Waals surface area contributed by atoms with Gasteiger partial charge in [-0.05, 0) is 25.0 Å². The first-order valence-electron chi connectivity index (χ1n) is 9.04. The molecule has 9 nitrogen and oxygen atoms in total. The number of benzene rings is 1. The van der Waals surface area contributed by atoms with Crippen molar-refractivity contribution in [2.24, 2.45) is 0 Å². The van der Waals surface area contributed by atoms with Gasteiger partial charge in [0.25, 0.3) is 5.91 Å². The summed E-state index contributed by atoms with van der Waals surface area (Å²) in [6.07, 6.45) is 2.64.